The number of hydrogen-bond donors (Lipinski definition) is 1. The Morgan fingerprint density at radius 2 is 2.03 bits per heavy atom. The first-order valence-corrected chi connectivity index (χ1v) is 11.3. The lowest BCUT2D eigenvalue weighted by Crippen LogP contribution is -2.30. The molecule has 0 spiro atoms. The fourth-order valence-electron chi connectivity index (χ4n) is 4.65. The molecule has 0 unspecified atom stereocenters. The Morgan fingerprint density at radius 1 is 1.24 bits per heavy atom. The zero-order chi connectivity index (χ0) is 23.7. The first-order valence-electron chi connectivity index (χ1n) is 10.9. The van der Waals surface area contributed by atoms with Gasteiger partial charge in [0.2, 0.25) is 0 Å². The van der Waals surface area contributed by atoms with E-state index in [1.54, 1.807) is 18.3 Å². The maximum atomic E-state index is 11.9. The van der Waals surface area contributed by atoms with Crippen molar-refractivity contribution in [2.75, 3.05) is 13.7 Å². The zero-order valence-electron chi connectivity index (χ0n) is 19.1. The van der Waals surface area contributed by atoms with E-state index in [2.05, 4.69) is 28.2 Å². The van der Waals surface area contributed by atoms with E-state index in [0.29, 0.717) is 16.5 Å². The van der Waals surface area contributed by atoms with Crippen LogP contribution in [-0.4, -0.2) is 38.1 Å². The van der Waals surface area contributed by atoms with E-state index in [1.165, 1.54) is 13.2 Å². The smallest absolute Gasteiger partial charge is 0.296 e. The van der Waals surface area contributed by atoms with Gasteiger partial charge in [-0.1, -0.05) is 13.0 Å². The van der Waals surface area contributed by atoms with Crippen LogP contribution in [0.1, 0.15) is 48.1 Å². The maximum absolute atomic E-state index is 11.9. The van der Waals surface area contributed by atoms with Crippen LogP contribution >= 0.6 is 12.2 Å². The molecular weight excluding hydrogens is 438 g/mol. The summed E-state index contributed by atoms with van der Waals surface area (Å²) in [4.78, 5) is 18.3. The molecule has 9 heteroatoms. The third-order valence-electron chi connectivity index (χ3n) is 6.07. The fraction of sp³-hybridized carbons (Fsp3) is 0.333. The van der Waals surface area contributed by atoms with Gasteiger partial charge in [-0.3, -0.25) is 15.1 Å². The van der Waals surface area contributed by atoms with Crippen LogP contribution in [0.4, 0.5) is 5.69 Å². The van der Waals surface area contributed by atoms with E-state index in [4.69, 9.17) is 17.0 Å². The SMILES string of the molecule is CCCN1C(=S)N[C@@H](c2ccccn2)[C@H]1c1cc(C)n(-c2ccc(OC)cc2[N+](=O)[O-])c1C. The van der Waals surface area contributed by atoms with Crippen LogP contribution in [0.2, 0.25) is 0 Å². The summed E-state index contributed by atoms with van der Waals surface area (Å²) in [7, 11) is 1.50. The quantitative estimate of drug-likeness (QED) is 0.305. The van der Waals surface area contributed by atoms with Crippen molar-refractivity contribution in [3.63, 3.8) is 0 Å². The predicted octanol–water partition coefficient (Wildman–Crippen LogP) is 4.79. The van der Waals surface area contributed by atoms with Crippen molar-refractivity contribution in [3.05, 3.63) is 81.4 Å². The van der Waals surface area contributed by atoms with Crippen LogP contribution in [0.3, 0.4) is 0 Å². The summed E-state index contributed by atoms with van der Waals surface area (Å²) in [6, 6.07) is 12.7. The van der Waals surface area contributed by atoms with E-state index in [-0.39, 0.29) is 22.7 Å². The van der Waals surface area contributed by atoms with Gasteiger partial charge in [0.15, 0.2) is 5.11 Å². The normalized spacial score (nSPS) is 17.8. The van der Waals surface area contributed by atoms with E-state index in [1.807, 2.05) is 36.6 Å². The number of nitrogens with one attached hydrogen (secondary N) is 1. The number of pyridine rings is 1. The third kappa shape index (κ3) is 4.04. The maximum Gasteiger partial charge on any atom is 0.296 e. The molecule has 1 aromatic carbocycles. The highest BCUT2D eigenvalue weighted by atomic mass is 32.1. The number of nitro groups is 1. The number of ether oxygens (including phenoxy) is 1. The second-order valence-corrected chi connectivity index (χ2v) is 8.48. The topological polar surface area (TPSA) is 85.5 Å². The molecule has 0 saturated carbocycles. The summed E-state index contributed by atoms with van der Waals surface area (Å²) < 4.78 is 7.15. The van der Waals surface area contributed by atoms with Crippen LogP contribution in [0.5, 0.6) is 5.75 Å². The third-order valence-corrected chi connectivity index (χ3v) is 6.42. The summed E-state index contributed by atoms with van der Waals surface area (Å²) in [6.07, 6.45) is 2.72. The van der Waals surface area contributed by atoms with Gasteiger partial charge in [-0.15, -0.1) is 0 Å². The monoisotopic (exact) mass is 465 g/mol. The molecule has 0 radical (unpaired) electrons. The van der Waals surface area contributed by atoms with Gasteiger partial charge in [0.05, 0.1) is 35.9 Å². The molecule has 8 nitrogen and oxygen atoms in total. The lowest BCUT2D eigenvalue weighted by Gasteiger charge is -2.27. The Hall–Kier alpha value is -3.46. The van der Waals surface area contributed by atoms with E-state index >= 15 is 0 Å². The van der Waals surface area contributed by atoms with Gasteiger partial charge in [-0.25, -0.2) is 0 Å². The van der Waals surface area contributed by atoms with Gasteiger partial charge in [0.1, 0.15) is 11.4 Å². The summed E-state index contributed by atoms with van der Waals surface area (Å²) >= 11 is 5.70. The molecule has 3 aromatic rings. The average Bonchev–Trinajstić information content (AvgIpc) is 3.29. The standard InChI is InChI=1S/C24H27N5O3S/c1-5-12-27-23(22(26-24(27)33)19-8-6-7-11-25-19)18-13-15(2)28(16(18)3)20-10-9-17(32-4)14-21(20)29(30)31/h6-11,13-14,22-23H,5,12H2,1-4H3,(H,26,33)/t22-,23+/m0/s1. The lowest BCUT2D eigenvalue weighted by molar-refractivity contribution is -0.384. The van der Waals surface area contributed by atoms with Crippen LogP contribution in [-0.2, 0) is 0 Å². The molecule has 1 aliphatic rings. The molecule has 1 saturated heterocycles. The van der Waals surface area contributed by atoms with Gasteiger partial charge in [-0.05, 0) is 68.4 Å². The highest BCUT2D eigenvalue weighted by molar-refractivity contribution is 7.80. The van der Waals surface area contributed by atoms with Crippen LogP contribution < -0.4 is 10.1 Å². The molecule has 4 rings (SSSR count). The van der Waals surface area contributed by atoms with Crippen molar-refractivity contribution in [1.29, 1.82) is 0 Å². The number of hydrogen-bond acceptors (Lipinski definition) is 5. The lowest BCUT2D eigenvalue weighted by atomic mass is 9.96. The molecule has 1 fully saturated rings. The molecule has 0 amide bonds. The summed E-state index contributed by atoms with van der Waals surface area (Å²) in [5.41, 5.74) is 4.31. The predicted molar refractivity (Wildman–Crippen MR) is 131 cm³/mol. The number of rotatable bonds is 7. The fourth-order valence-corrected chi connectivity index (χ4v) is 4.98. The second-order valence-electron chi connectivity index (χ2n) is 8.09. The molecule has 2 atom stereocenters. The molecule has 3 heterocycles. The number of methoxy groups -OCH3 is 1. The van der Waals surface area contributed by atoms with Gasteiger partial charge >= 0.3 is 0 Å². The van der Waals surface area contributed by atoms with E-state index in [9.17, 15) is 10.1 Å². The van der Waals surface area contributed by atoms with Crippen LogP contribution in [0.15, 0.2) is 48.7 Å². The molecular formula is C24H27N5O3S. The van der Waals surface area contributed by atoms with Crippen molar-refractivity contribution in [2.45, 2.75) is 39.3 Å². The Morgan fingerprint density at radius 3 is 2.67 bits per heavy atom. The van der Waals surface area contributed by atoms with E-state index < -0.39 is 0 Å². The van der Waals surface area contributed by atoms with Crippen molar-refractivity contribution in [1.82, 2.24) is 19.8 Å². The van der Waals surface area contributed by atoms with Gasteiger partial charge in [-0.2, -0.15) is 0 Å². The molecule has 2 aromatic heterocycles. The van der Waals surface area contributed by atoms with Crippen LogP contribution in [0.25, 0.3) is 5.69 Å². The van der Waals surface area contributed by atoms with Crippen molar-refractivity contribution >= 4 is 23.0 Å². The number of benzene rings is 1. The zero-order valence-corrected chi connectivity index (χ0v) is 19.9. The minimum Gasteiger partial charge on any atom is -0.496 e. The molecule has 33 heavy (non-hydrogen) atoms. The Balaban J connectivity index is 1.87. The number of nitro benzene ring substituents is 1. The Labute approximate surface area is 198 Å². The van der Waals surface area contributed by atoms with Crippen molar-refractivity contribution in [2.24, 2.45) is 0 Å². The van der Waals surface area contributed by atoms with Crippen molar-refractivity contribution in [3.8, 4) is 11.4 Å². The summed E-state index contributed by atoms with van der Waals surface area (Å²) in [5, 5.41) is 16.0. The molecule has 1 aliphatic heterocycles. The number of aryl methyl sites for hydroxylation is 1. The molecule has 0 bridgehead atoms. The van der Waals surface area contributed by atoms with Crippen molar-refractivity contribution < 1.29 is 9.66 Å². The summed E-state index contributed by atoms with van der Waals surface area (Å²) in [6.45, 7) is 6.88. The number of aromatic nitrogens is 2. The van der Waals surface area contributed by atoms with Gasteiger partial charge in [0, 0.05) is 24.1 Å². The first-order chi connectivity index (χ1) is 15.9. The Bertz CT molecular complexity index is 1190. The minimum atomic E-state index is -0.372. The molecule has 1 N–H and O–H groups in total. The minimum absolute atomic E-state index is 0.00513. The average molecular weight is 466 g/mol. The van der Waals surface area contributed by atoms with E-state index in [0.717, 1.165) is 35.6 Å². The molecule has 0 aliphatic carbocycles. The highest BCUT2D eigenvalue weighted by Gasteiger charge is 2.41. The highest BCUT2D eigenvalue weighted by Crippen LogP contribution is 2.42. The summed E-state index contributed by atoms with van der Waals surface area (Å²) in [5.74, 6) is 0.447. The van der Waals surface area contributed by atoms with Gasteiger partial charge < -0.3 is 19.5 Å². The van der Waals surface area contributed by atoms with Crippen LogP contribution in [0, 0.1) is 24.0 Å². The first kappa shape index (κ1) is 22.7. The Kier molecular flexibility index (Phi) is 6.33. The largest absolute Gasteiger partial charge is 0.496 e. The second kappa shape index (κ2) is 9.19. The number of nitrogens with zero attached hydrogens (tertiary/aromatic N) is 4. The van der Waals surface area contributed by atoms with Gasteiger partial charge in [0.25, 0.3) is 5.69 Å². The number of thiocarbonyl (C=S) groups is 1. The molecule has 172 valence electrons.